The first-order chi connectivity index (χ1) is 12.1. The molecule has 3 heterocycles. The Morgan fingerprint density at radius 3 is 3.00 bits per heavy atom. The number of esters is 1. The van der Waals surface area contributed by atoms with Gasteiger partial charge in [0.25, 0.3) is 0 Å². The molecule has 7 heteroatoms. The van der Waals surface area contributed by atoms with Crippen LogP contribution in [0.15, 0.2) is 6.07 Å². The average molecular weight is 347 g/mol. The van der Waals surface area contributed by atoms with Crippen LogP contribution in [0.3, 0.4) is 0 Å². The normalized spacial score (nSPS) is 35.6. The molecule has 5 rings (SSSR count). The lowest BCUT2D eigenvalue weighted by Gasteiger charge is -2.47. The highest BCUT2D eigenvalue weighted by Gasteiger charge is 2.55. The van der Waals surface area contributed by atoms with Gasteiger partial charge < -0.3 is 29.0 Å². The lowest BCUT2D eigenvalue weighted by atomic mass is 9.68. The number of methoxy groups -OCH3 is 1. The number of aliphatic hydroxyl groups is 1. The smallest absolute Gasteiger partial charge is 0.339 e. The molecule has 1 N–H and O–H groups in total. The van der Waals surface area contributed by atoms with Crippen LogP contribution in [0.4, 0.5) is 0 Å². The molecule has 5 atom stereocenters. The molecule has 0 bridgehead atoms. The summed E-state index contributed by atoms with van der Waals surface area (Å²) in [6.07, 6.45) is 0.476. The number of carbonyl (C=O) groups is 1. The summed E-state index contributed by atoms with van der Waals surface area (Å²) in [5, 5.41) is 10.6. The van der Waals surface area contributed by atoms with Gasteiger partial charge in [-0.3, -0.25) is 0 Å². The van der Waals surface area contributed by atoms with E-state index in [1.165, 1.54) is 0 Å². The average Bonchev–Trinajstić information content (AvgIpc) is 3.20. The lowest BCUT2D eigenvalue weighted by Crippen LogP contribution is -2.54. The molecule has 0 amide bonds. The van der Waals surface area contributed by atoms with Gasteiger partial charge in [0.1, 0.15) is 6.10 Å². The molecular formula is C18H21NO6. The molecule has 4 aliphatic rings. The first-order valence-corrected chi connectivity index (χ1v) is 8.70. The molecule has 25 heavy (non-hydrogen) atoms. The highest BCUT2D eigenvalue weighted by Crippen LogP contribution is 2.55. The maximum Gasteiger partial charge on any atom is 0.339 e. The van der Waals surface area contributed by atoms with Crippen LogP contribution in [-0.4, -0.2) is 61.7 Å². The number of likely N-dealkylation sites (N-methyl/N-ethyl adjacent to an activating group) is 1. The van der Waals surface area contributed by atoms with Crippen LogP contribution < -0.4 is 14.2 Å². The molecular weight excluding hydrogens is 326 g/mol. The van der Waals surface area contributed by atoms with Crippen LogP contribution in [-0.2, 0) is 4.74 Å². The van der Waals surface area contributed by atoms with Crippen LogP contribution in [0, 0.1) is 5.92 Å². The summed E-state index contributed by atoms with van der Waals surface area (Å²) in [7, 11) is 3.66. The van der Waals surface area contributed by atoms with Gasteiger partial charge in [0, 0.05) is 17.5 Å². The minimum absolute atomic E-state index is 0.103. The zero-order valence-electron chi connectivity index (χ0n) is 14.2. The number of nitrogens with zero attached hydrogens (tertiary/aromatic N) is 1. The van der Waals surface area contributed by atoms with Gasteiger partial charge in [-0.15, -0.1) is 0 Å². The predicted molar refractivity (Wildman–Crippen MR) is 86.2 cm³/mol. The minimum Gasteiger partial charge on any atom is -0.492 e. The summed E-state index contributed by atoms with van der Waals surface area (Å²) in [5.41, 5.74) is 1.24. The van der Waals surface area contributed by atoms with Gasteiger partial charge in [-0.05, 0) is 38.4 Å². The lowest BCUT2D eigenvalue weighted by molar-refractivity contribution is -0.0783. The largest absolute Gasteiger partial charge is 0.492 e. The Hall–Kier alpha value is -1.99. The molecule has 0 radical (unpaired) electrons. The van der Waals surface area contributed by atoms with Crippen molar-refractivity contribution >= 4 is 5.97 Å². The number of carbonyl (C=O) groups excluding carboxylic acids is 1. The fourth-order valence-corrected chi connectivity index (χ4v) is 5.15. The van der Waals surface area contributed by atoms with Crippen molar-refractivity contribution in [2.45, 2.75) is 37.0 Å². The molecule has 1 aromatic rings. The second-order valence-electron chi connectivity index (χ2n) is 7.32. The van der Waals surface area contributed by atoms with Gasteiger partial charge in [-0.25, -0.2) is 4.79 Å². The first kappa shape index (κ1) is 15.3. The van der Waals surface area contributed by atoms with E-state index in [1.807, 2.05) is 0 Å². The number of likely N-dealkylation sites (tertiary alicyclic amines) is 1. The number of ether oxygens (including phenoxy) is 4. The molecule has 2 fully saturated rings. The Balaban J connectivity index is 1.74. The monoisotopic (exact) mass is 347 g/mol. The molecule has 1 aromatic carbocycles. The quantitative estimate of drug-likeness (QED) is 0.763. The van der Waals surface area contributed by atoms with E-state index in [0.29, 0.717) is 35.2 Å². The number of hydrogen-bond acceptors (Lipinski definition) is 7. The Bertz CT molecular complexity index is 750. The van der Waals surface area contributed by atoms with E-state index in [-0.39, 0.29) is 18.8 Å². The fourth-order valence-electron chi connectivity index (χ4n) is 5.15. The van der Waals surface area contributed by atoms with E-state index >= 15 is 0 Å². The van der Waals surface area contributed by atoms with Crippen LogP contribution in [0.2, 0.25) is 0 Å². The van der Waals surface area contributed by atoms with E-state index < -0.39 is 18.2 Å². The van der Waals surface area contributed by atoms with E-state index in [1.54, 1.807) is 13.2 Å². The third-order valence-corrected chi connectivity index (χ3v) is 6.15. The van der Waals surface area contributed by atoms with E-state index in [2.05, 4.69) is 11.9 Å². The summed E-state index contributed by atoms with van der Waals surface area (Å²) in [6.45, 7) is 1.08. The summed E-state index contributed by atoms with van der Waals surface area (Å²) in [5.74, 6) is 1.36. The molecule has 0 spiro atoms. The van der Waals surface area contributed by atoms with Crippen molar-refractivity contribution in [1.82, 2.24) is 4.90 Å². The van der Waals surface area contributed by atoms with Crippen LogP contribution in [0.5, 0.6) is 17.2 Å². The summed E-state index contributed by atoms with van der Waals surface area (Å²) in [6, 6.07) is 1.89. The van der Waals surface area contributed by atoms with Gasteiger partial charge in [-0.1, -0.05) is 0 Å². The number of aliphatic hydroxyl groups excluding tert-OH is 1. The zero-order valence-corrected chi connectivity index (χ0v) is 14.2. The van der Waals surface area contributed by atoms with E-state index in [0.717, 1.165) is 18.5 Å². The third-order valence-electron chi connectivity index (χ3n) is 6.15. The molecule has 134 valence electrons. The van der Waals surface area contributed by atoms with Crippen LogP contribution in [0.25, 0.3) is 0 Å². The predicted octanol–water partition coefficient (Wildman–Crippen LogP) is 1.13. The maximum absolute atomic E-state index is 12.6. The second kappa shape index (κ2) is 5.25. The zero-order chi connectivity index (χ0) is 17.3. The SMILES string of the molecule is COc1c2c(cc3c1[C@@H]1[C@H](OC3=O)[C@@H](O)C[C@H]3CCN(C)[C@H]31)OCO2. The van der Waals surface area contributed by atoms with E-state index in [9.17, 15) is 9.90 Å². The number of rotatable bonds is 1. The molecule has 1 saturated heterocycles. The Labute approximate surface area is 145 Å². The standard InChI is InChI=1S/C18H21NO6/c1-19-4-3-8-5-10(20)15-13(14(8)19)12-9(18(21)25-15)6-11-16(17(12)22-2)24-7-23-11/h6,8,10,13-15,20H,3-5,7H2,1-2H3/t8-,10+,13+,14-,15-/m1/s1. The van der Waals surface area contributed by atoms with Crippen molar-refractivity contribution in [3.63, 3.8) is 0 Å². The van der Waals surface area contributed by atoms with Crippen molar-refractivity contribution in [3.8, 4) is 17.2 Å². The van der Waals surface area contributed by atoms with Crippen molar-refractivity contribution in [2.24, 2.45) is 5.92 Å². The molecule has 0 aromatic heterocycles. The minimum atomic E-state index is -0.662. The number of benzene rings is 1. The van der Waals surface area contributed by atoms with E-state index in [4.69, 9.17) is 18.9 Å². The molecule has 1 aliphatic carbocycles. The van der Waals surface area contributed by atoms with Crippen molar-refractivity contribution in [1.29, 1.82) is 0 Å². The Morgan fingerprint density at radius 1 is 1.36 bits per heavy atom. The third kappa shape index (κ3) is 1.96. The van der Waals surface area contributed by atoms with Gasteiger partial charge in [0.05, 0.1) is 18.8 Å². The fraction of sp³-hybridized carbons (Fsp3) is 0.611. The van der Waals surface area contributed by atoms with Crippen molar-refractivity contribution in [3.05, 3.63) is 17.2 Å². The van der Waals surface area contributed by atoms with Gasteiger partial charge in [-0.2, -0.15) is 0 Å². The summed E-state index contributed by atoms with van der Waals surface area (Å²) >= 11 is 0. The molecule has 7 nitrogen and oxygen atoms in total. The van der Waals surface area contributed by atoms with Crippen molar-refractivity contribution in [2.75, 3.05) is 27.5 Å². The highest BCUT2D eigenvalue weighted by molar-refractivity contribution is 5.95. The molecule has 0 unspecified atom stereocenters. The second-order valence-corrected chi connectivity index (χ2v) is 7.32. The van der Waals surface area contributed by atoms with Gasteiger partial charge >= 0.3 is 5.97 Å². The molecule has 1 saturated carbocycles. The number of fused-ring (bicyclic) bond motifs is 6. The van der Waals surface area contributed by atoms with Crippen LogP contribution >= 0.6 is 0 Å². The topological polar surface area (TPSA) is 77.5 Å². The van der Waals surface area contributed by atoms with Gasteiger partial charge in [0.2, 0.25) is 12.5 Å². The number of hydrogen-bond donors (Lipinski definition) is 1. The Kier molecular flexibility index (Phi) is 3.21. The van der Waals surface area contributed by atoms with Crippen LogP contribution in [0.1, 0.15) is 34.7 Å². The van der Waals surface area contributed by atoms with Crippen molar-refractivity contribution < 1.29 is 28.8 Å². The highest BCUT2D eigenvalue weighted by atomic mass is 16.7. The molecule has 3 aliphatic heterocycles. The summed E-state index contributed by atoms with van der Waals surface area (Å²) < 4.78 is 22.4. The first-order valence-electron chi connectivity index (χ1n) is 8.70. The Morgan fingerprint density at radius 2 is 2.20 bits per heavy atom. The summed E-state index contributed by atoms with van der Waals surface area (Å²) in [4.78, 5) is 14.9. The maximum atomic E-state index is 12.6. The van der Waals surface area contributed by atoms with Gasteiger partial charge in [0.15, 0.2) is 11.5 Å².